The molecule has 0 bridgehead atoms. The van der Waals surface area contributed by atoms with Crippen LogP contribution in [0.25, 0.3) is 0 Å². The van der Waals surface area contributed by atoms with E-state index >= 15 is 0 Å². The zero-order valence-corrected chi connectivity index (χ0v) is 8.34. The van der Waals surface area contributed by atoms with Crippen molar-refractivity contribution in [2.75, 3.05) is 7.11 Å². The third-order valence-corrected chi connectivity index (χ3v) is 2.83. The molecule has 1 aliphatic rings. The number of hydrogen-bond acceptors (Lipinski definition) is 3. The summed E-state index contributed by atoms with van der Waals surface area (Å²) in [5.41, 5.74) is 6.06. The van der Waals surface area contributed by atoms with Gasteiger partial charge in [0.25, 0.3) is 0 Å². The molecule has 0 radical (unpaired) electrons. The Morgan fingerprint density at radius 3 is 3.00 bits per heavy atom. The predicted octanol–water partition coefficient (Wildman–Crippen LogP) is 1.66. The second-order valence-corrected chi connectivity index (χ2v) is 3.57. The summed E-state index contributed by atoms with van der Waals surface area (Å²) >= 11 is 0. The fraction of sp³-hybridized carbons (Fsp3) is 0.455. The van der Waals surface area contributed by atoms with E-state index in [0.717, 1.165) is 24.2 Å². The van der Waals surface area contributed by atoms with E-state index in [2.05, 4.69) is 11.5 Å². The van der Waals surface area contributed by atoms with E-state index < -0.39 is 0 Å². The standard InChI is InChI=1S/C11H15NO2/c1-14-11-6-5-8-3-2-4-9(8)10(11)7-12-13/h5-6,12-13H,2-4,7H2,1H3. The summed E-state index contributed by atoms with van der Waals surface area (Å²) in [5.74, 6) is 0.868. The fourth-order valence-corrected chi connectivity index (χ4v) is 2.19. The van der Waals surface area contributed by atoms with E-state index in [-0.39, 0.29) is 0 Å². The monoisotopic (exact) mass is 193 g/mol. The Bertz CT molecular complexity index is 336. The molecule has 0 atom stereocenters. The molecule has 0 unspecified atom stereocenters. The molecule has 0 spiro atoms. The minimum atomic E-state index is 0.465. The first-order chi connectivity index (χ1) is 6.86. The largest absolute Gasteiger partial charge is 0.496 e. The van der Waals surface area contributed by atoms with Crippen LogP contribution in [-0.4, -0.2) is 12.3 Å². The lowest BCUT2D eigenvalue weighted by molar-refractivity contribution is 0.160. The molecular formula is C11H15NO2. The molecule has 76 valence electrons. The van der Waals surface area contributed by atoms with Gasteiger partial charge in [0.1, 0.15) is 5.75 Å². The first kappa shape index (κ1) is 9.49. The molecule has 0 saturated heterocycles. The highest BCUT2D eigenvalue weighted by Gasteiger charge is 2.17. The summed E-state index contributed by atoms with van der Waals surface area (Å²) in [6.07, 6.45) is 3.46. The Morgan fingerprint density at radius 2 is 2.29 bits per heavy atom. The first-order valence-corrected chi connectivity index (χ1v) is 4.91. The summed E-state index contributed by atoms with van der Waals surface area (Å²) in [4.78, 5) is 0. The van der Waals surface area contributed by atoms with E-state index in [1.54, 1.807) is 7.11 Å². The number of methoxy groups -OCH3 is 1. The number of rotatable bonds is 3. The minimum Gasteiger partial charge on any atom is -0.496 e. The van der Waals surface area contributed by atoms with E-state index in [0.29, 0.717) is 6.54 Å². The first-order valence-electron chi connectivity index (χ1n) is 4.91. The van der Waals surface area contributed by atoms with Crippen molar-refractivity contribution in [3.8, 4) is 5.75 Å². The van der Waals surface area contributed by atoms with Crippen LogP contribution in [0, 0.1) is 0 Å². The number of hydroxylamine groups is 1. The maximum absolute atomic E-state index is 8.77. The molecule has 0 aromatic heterocycles. The van der Waals surface area contributed by atoms with Crippen molar-refractivity contribution in [1.29, 1.82) is 0 Å². The van der Waals surface area contributed by atoms with Crippen molar-refractivity contribution in [2.45, 2.75) is 25.8 Å². The highest BCUT2D eigenvalue weighted by Crippen LogP contribution is 2.31. The smallest absolute Gasteiger partial charge is 0.123 e. The Balaban J connectivity index is 2.45. The summed E-state index contributed by atoms with van der Waals surface area (Å²) in [6, 6.07) is 4.11. The topological polar surface area (TPSA) is 41.5 Å². The molecule has 1 aliphatic carbocycles. The Morgan fingerprint density at radius 1 is 1.43 bits per heavy atom. The molecule has 0 fully saturated rings. The van der Waals surface area contributed by atoms with Gasteiger partial charge in [0.2, 0.25) is 0 Å². The molecule has 3 nitrogen and oxygen atoms in total. The number of fused-ring (bicyclic) bond motifs is 1. The van der Waals surface area contributed by atoms with Gasteiger partial charge < -0.3 is 9.94 Å². The van der Waals surface area contributed by atoms with Gasteiger partial charge in [-0.05, 0) is 36.5 Å². The molecule has 1 aromatic rings. The van der Waals surface area contributed by atoms with Crippen LogP contribution in [0.5, 0.6) is 5.75 Å². The van der Waals surface area contributed by atoms with Gasteiger partial charge >= 0.3 is 0 Å². The minimum absolute atomic E-state index is 0.465. The van der Waals surface area contributed by atoms with E-state index in [1.807, 2.05) is 6.07 Å². The molecule has 14 heavy (non-hydrogen) atoms. The molecule has 3 heteroatoms. The SMILES string of the molecule is COc1ccc2c(c1CNO)CCC2. The number of ether oxygens (including phenoxy) is 1. The van der Waals surface area contributed by atoms with Gasteiger partial charge in [-0.1, -0.05) is 6.07 Å². The summed E-state index contributed by atoms with van der Waals surface area (Å²) in [7, 11) is 1.66. The van der Waals surface area contributed by atoms with E-state index in [9.17, 15) is 0 Å². The van der Waals surface area contributed by atoms with E-state index in [4.69, 9.17) is 9.94 Å². The van der Waals surface area contributed by atoms with Crippen molar-refractivity contribution in [3.63, 3.8) is 0 Å². The van der Waals surface area contributed by atoms with Gasteiger partial charge in [0.05, 0.1) is 7.11 Å². The summed E-state index contributed by atoms with van der Waals surface area (Å²) < 4.78 is 5.27. The van der Waals surface area contributed by atoms with Crippen LogP contribution in [0.3, 0.4) is 0 Å². The zero-order chi connectivity index (χ0) is 9.97. The van der Waals surface area contributed by atoms with Crippen molar-refractivity contribution < 1.29 is 9.94 Å². The molecule has 2 N–H and O–H groups in total. The van der Waals surface area contributed by atoms with Crippen LogP contribution in [0.4, 0.5) is 0 Å². The third-order valence-electron chi connectivity index (χ3n) is 2.83. The maximum Gasteiger partial charge on any atom is 0.123 e. The normalized spacial score (nSPS) is 14.1. The average molecular weight is 193 g/mol. The Hall–Kier alpha value is -1.06. The molecule has 1 aromatic carbocycles. The highest BCUT2D eigenvalue weighted by atomic mass is 16.5. The van der Waals surface area contributed by atoms with Crippen LogP contribution < -0.4 is 10.2 Å². The second-order valence-electron chi connectivity index (χ2n) is 3.57. The van der Waals surface area contributed by atoms with Gasteiger partial charge in [-0.2, -0.15) is 0 Å². The van der Waals surface area contributed by atoms with Gasteiger partial charge in [-0.15, -0.1) is 0 Å². The quantitative estimate of drug-likeness (QED) is 0.717. The molecule has 2 rings (SSSR count). The molecule has 0 saturated carbocycles. The Labute approximate surface area is 83.7 Å². The van der Waals surface area contributed by atoms with Crippen molar-refractivity contribution in [2.24, 2.45) is 0 Å². The number of benzene rings is 1. The highest BCUT2D eigenvalue weighted by molar-refractivity contribution is 5.47. The average Bonchev–Trinajstić information content (AvgIpc) is 2.67. The van der Waals surface area contributed by atoms with Crippen molar-refractivity contribution in [3.05, 3.63) is 28.8 Å². The molecule has 0 aliphatic heterocycles. The van der Waals surface area contributed by atoms with Crippen LogP contribution in [0.15, 0.2) is 12.1 Å². The van der Waals surface area contributed by atoms with Crippen molar-refractivity contribution >= 4 is 0 Å². The zero-order valence-electron chi connectivity index (χ0n) is 8.34. The van der Waals surface area contributed by atoms with Gasteiger partial charge in [-0.3, -0.25) is 0 Å². The lowest BCUT2D eigenvalue weighted by atomic mass is 10.0. The van der Waals surface area contributed by atoms with Crippen LogP contribution in [0.2, 0.25) is 0 Å². The van der Waals surface area contributed by atoms with Crippen LogP contribution >= 0.6 is 0 Å². The van der Waals surface area contributed by atoms with Gasteiger partial charge in [-0.25, -0.2) is 5.48 Å². The predicted molar refractivity (Wildman–Crippen MR) is 53.6 cm³/mol. The Kier molecular flexibility index (Phi) is 2.70. The fourth-order valence-electron chi connectivity index (χ4n) is 2.19. The lowest BCUT2D eigenvalue weighted by Gasteiger charge is -2.12. The third kappa shape index (κ3) is 1.49. The van der Waals surface area contributed by atoms with Crippen LogP contribution in [0.1, 0.15) is 23.1 Å². The second kappa shape index (κ2) is 3.98. The van der Waals surface area contributed by atoms with Crippen molar-refractivity contribution in [1.82, 2.24) is 5.48 Å². The summed E-state index contributed by atoms with van der Waals surface area (Å²) in [6.45, 7) is 0.465. The van der Waals surface area contributed by atoms with Crippen LogP contribution in [-0.2, 0) is 19.4 Å². The lowest BCUT2D eigenvalue weighted by Crippen LogP contribution is -2.10. The van der Waals surface area contributed by atoms with Gasteiger partial charge in [0, 0.05) is 12.1 Å². The molecule has 0 amide bonds. The molecular weight excluding hydrogens is 178 g/mol. The summed E-state index contributed by atoms with van der Waals surface area (Å²) in [5, 5.41) is 8.77. The number of hydrogen-bond donors (Lipinski definition) is 2. The number of nitrogens with one attached hydrogen (secondary N) is 1. The molecule has 0 heterocycles. The van der Waals surface area contributed by atoms with E-state index in [1.165, 1.54) is 17.5 Å². The maximum atomic E-state index is 8.77. The van der Waals surface area contributed by atoms with Gasteiger partial charge in [0.15, 0.2) is 0 Å². The number of aryl methyl sites for hydroxylation is 1.